The molecular formula is C13H13N3O2SW2Y-2. The molecule has 1 amide bonds. The predicted molar refractivity (Wildman–Crippen MR) is 72.2 cm³/mol. The number of carbonyl (C=O) groups excluding carboxylic acids is 1. The van der Waals surface area contributed by atoms with Gasteiger partial charge in [-0.05, 0) is 18.6 Å². The van der Waals surface area contributed by atoms with E-state index in [1.165, 1.54) is 0 Å². The SMILES string of the molecule is C[CH-]NC(=O)c1n[n-]c2c1CCOc1cc(C)sc1-2.[W].[W].[Y]. The Kier molecular flexibility index (Phi) is 10.1. The summed E-state index contributed by atoms with van der Waals surface area (Å²) >= 11 is 1.62. The number of fused-ring (bicyclic) bond motifs is 3. The van der Waals surface area contributed by atoms with Crippen LogP contribution in [0.5, 0.6) is 5.75 Å². The molecule has 3 rings (SSSR count). The molecule has 5 nitrogen and oxygen atoms in total. The van der Waals surface area contributed by atoms with Crippen LogP contribution >= 0.6 is 11.3 Å². The molecule has 0 saturated carbocycles. The second-order valence-electron chi connectivity index (χ2n) is 4.29. The first-order valence-corrected chi connectivity index (χ1v) is 6.87. The number of rotatable bonds is 2. The molecule has 1 radical (unpaired) electrons. The van der Waals surface area contributed by atoms with E-state index in [2.05, 4.69) is 15.5 Å². The molecule has 0 bridgehead atoms. The van der Waals surface area contributed by atoms with Gasteiger partial charge in [0, 0.05) is 86.1 Å². The molecule has 1 aliphatic rings. The summed E-state index contributed by atoms with van der Waals surface area (Å²) in [4.78, 5) is 14.1. The summed E-state index contributed by atoms with van der Waals surface area (Å²) in [6.45, 7) is 5.92. The van der Waals surface area contributed by atoms with Crippen LogP contribution in [0, 0.1) is 13.5 Å². The zero-order chi connectivity index (χ0) is 13.4. The van der Waals surface area contributed by atoms with Gasteiger partial charge >= 0.3 is 0 Å². The Morgan fingerprint density at radius 3 is 2.91 bits per heavy atom. The predicted octanol–water partition coefficient (Wildman–Crippen LogP) is 1.91. The van der Waals surface area contributed by atoms with E-state index in [0.29, 0.717) is 18.7 Å². The van der Waals surface area contributed by atoms with Gasteiger partial charge in [0.15, 0.2) is 0 Å². The third kappa shape index (κ3) is 4.39. The largest absolute Gasteiger partial charge is 0.573 e. The van der Waals surface area contributed by atoms with E-state index in [9.17, 15) is 4.79 Å². The van der Waals surface area contributed by atoms with Crippen LogP contribution < -0.4 is 15.2 Å². The fourth-order valence-corrected chi connectivity index (χ4v) is 3.13. The van der Waals surface area contributed by atoms with Gasteiger partial charge in [0.2, 0.25) is 5.91 Å². The van der Waals surface area contributed by atoms with Gasteiger partial charge in [0.05, 0.1) is 11.5 Å². The number of thiophene rings is 1. The maximum Gasteiger partial charge on any atom is 0.239 e. The van der Waals surface area contributed by atoms with Crippen LogP contribution in [0.25, 0.3) is 10.6 Å². The van der Waals surface area contributed by atoms with Gasteiger partial charge in [-0.15, -0.1) is 11.3 Å². The van der Waals surface area contributed by atoms with Gasteiger partial charge in [-0.2, -0.15) is 6.92 Å². The molecule has 0 aromatic carbocycles. The van der Waals surface area contributed by atoms with Crippen molar-refractivity contribution in [2.75, 3.05) is 6.61 Å². The smallest absolute Gasteiger partial charge is 0.239 e. The number of aryl methyl sites for hydroxylation is 1. The Bertz CT molecular complexity index is 645. The Morgan fingerprint density at radius 2 is 2.23 bits per heavy atom. The molecule has 1 N–H and O–H groups in total. The molecule has 115 valence electrons. The Hall–Kier alpha value is 0.661. The summed E-state index contributed by atoms with van der Waals surface area (Å²) < 4.78 is 5.71. The van der Waals surface area contributed by atoms with Crippen LogP contribution in [0.15, 0.2) is 6.07 Å². The molecule has 0 fully saturated rings. The van der Waals surface area contributed by atoms with Crippen LogP contribution in [0.1, 0.15) is 27.9 Å². The number of amides is 1. The number of nitrogens with zero attached hydrogens (tertiary/aromatic N) is 2. The van der Waals surface area contributed by atoms with Crippen LogP contribution in [-0.2, 0) is 81.3 Å². The van der Waals surface area contributed by atoms with Crippen molar-refractivity contribution in [1.29, 1.82) is 0 Å². The Morgan fingerprint density at radius 1 is 1.50 bits per heavy atom. The molecule has 0 unspecified atom stereocenters. The summed E-state index contributed by atoms with van der Waals surface area (Å²) in [6, 6.07) is 2.00. The number of ether oxygens (including phenoxy) is 1. The van der Waals surface area contributed by atoms with Crippen LogP contribution in [-0.4, -0.2) is 17.6 Å². The van der Waals surface area contributed by atoms with E-state index in [1.807, 2.05) is 13.0 Å². The summed E-state index contributed by atoms with van der Waals surface area (Å²) in [5.74, 6) is 0.628. The number of hydrogen-bond acceptors (Lipinski definition) is 4. The molecule has 0 aliphatic carbocycles. The van der Waals surface area contributed by atoms with E-state index in [-0.39, 0.29) is 80.7 Å². The molecule has 0 spiro atoms. The van der Waals surface area contributed by atoms with Crippen molar-refractivity contribution in [1.82, 2.24) is 15.5 Å². The first kappa shape index (κ1) is 22.7. The zero-order valence-corrected chi connectivity index (χ0v) is 21.6. The van der Waals surface area contributed by atoms with E-state index in [1.54, 1.807) is 24.8 Å². The molecule has 0 saturated heterocycles. The van der Waals surface area contributed by atoms with E-state index in [4.69, 9.17) is 4.74 Å². The number of nitrogens with one attached hydrogen (secondary N) is 1. The molecule has 1 aliphatic heterocycles. The van der Waals surface area contributed by atoms with Gasteiger partial charge in [0.1, 0.15) is 11.4 Å². The van der Waals surface area contributed by atoms with Crippen LogP contribution in [0.3, 0.4) is 0 Å². The molecule has 22 heavy (non-hydrogen) atoms. The summed E-state index contributed by atoms with van der Waals surface area (Å²) in [7, 11) is 0. The van der Waals surface area contributed by atoms with Crippen molar-refractivity contribution in [2.24, 2.45) is 0 Å². The van der Waals surface area contributed by atoms with Gasteiger partial charge in [0.25, 0.3) is 0 Å². The van der Waals surface area contributed by atoms with Gasteiger partial charge in [-0.1, -0.05) is 5.69 Å². The van der Waals surface area contributed by atoms with Crippen molar-refractivity contribution < 1.29 is 84.4 Å². The monoisotopic (exact) mass is 732 g/mol. The molecule has 2 aromatic rings. The normalized spacial score (nSPS) is 11.4. The fourth-order valence-electron chi connectivity index (χ4n) is 2.16. The zero-order valence-electron chi connectivity index (χ0n) is 12.1. The van der Waals surface area contributed by atoms with Crippen molar-refractivity contribution in [3.63, 3.8) is 0 Å². The average Bonchev–Trinajstić information content (AvgIpc) is 2.90. The number of aromatic nitrogens is 2. The van der Waals surface area contributed by atoms with E-state index >= 15 is 0 Å². The summed E-state index contributed by atoms with van der Waals surface area (Å²) in [5, 5.41) is 10.9. The minimum atomic E-state index is -0.215. The minimum absolute atomic E-state index is 0. The second-order valence-corrected chi connectivity index (χ2v) is 5.54. The van der Waals surface area contributed by atoms with E-state index < -0.39 is 0 Å². The van der Waals surface area contributed by atoms with Crippen molar-refractivity contribution in [3.8, 4) is 16.3 Å². The maximum absolute atomic E-state index is 11.9. The average molecular weight is 732 g/mol. The quantitative estimate of drug-likeness (QED) is 0.480. The minimum Gasteiger partial charge on any atom is -0.573 e. The van der Waals surface area contributed by atoms with E-state index in [0.717, 1.165) is 26.8 Å². The number of carbonyl (C=O) groups is 1. The van der Waals surface area contributed by atoms with Crippen molar-refractivity contribution in [2.45, 2.75) is 20.3 Å². The summed E-state index contributed by atoms with van der Waals surface area (Å²) in [5.41, 5.74) is 2.06. The maximum atomic E-state index is 11.9. The molecule has 9 heteroatoms. The third-order valence-electron chi connectivity index (χ3n) is 2.96. The molecule has 0 atom stereocenters. The Labute approximate surface area is 187 Å². The first-order chi connectivity index (χ1) is 9.20. The van der Waals surface area contributed by atoms with Gasteiger partial charge < -0.3 is 20.3 Å². The number of hydrogen-bond donors (Lipinski definition) is 1. The van der Waals surface area contributed by atoms with Crippen LogP contribution in [0.4, 0.5) is 0 Å². The molecule has 2 aromatic heterocycles. The topological polar surface area (TPSA) is 65.3 Å². The molecule has 3 heterocycles. The van der Waals surface area contributed by atoms with Crippen molar-refractivity contribution >= 4 is 17.2 Å². The van der Waals surface area contributed by atoms with Crippen LogP contribution in [0.2, 0.25) is 0 Å². The van der Waals surface area contributed by atoms with Crippen molar-refractivity contribution in [3.05, 3.63) is 28.7 Å². The first-order valence-electron chi connectivity index (χ1n) is 6.05. The second kappa shape index (κ2) is 9.84. The van der Waals surface area contributed by atoms with Gasteiger partial charge in [-0.3, -0.25) is 4.79 Å². The fraction of sp³-hybridized carbons (Fsp3) is 0.308. The standard InChI is InChI=1S/C13H14N3O2S.2W.Y/c1-3-14-13(17)11-8-4-5-18-9-6-7(2)19-12(9)10(8)15-16-11;;;/h3,6H,4-5H2,1-2H3,(H2,14,15,16,17);;;/q-1;;;/p-1. The molecular weight excluding hydrogens is 719 g/mol. The Balaban J connectivity index is 0.00000147. The third-order valence-corrected chi connectivity index (χ3v) is 4.00. The summed E-state index contributed by atoms with van der Waals surface area (Å²) in [6.07, 6.45) is 0.648. The van der Waals surface area contributed by atoms with Gasteiger partial charge in [-0.25, -0.2) is 6.54 Å².